The van der Waals surface area contributed by atoms with Crippen molar-refractivity contribution in [3.8, 4) is 0 Å². The van der Waals surface area contributed by atoms with E-state index in [0.29, 0.717) is 6.54 Å². The number of thioether (sulfide) groups is 1. The maximum Gasteiger partial charge on any atom is 0.407 e. The third kappa shape index (κ3) is 9.45. The fraction of sp³-hybridized carbons (Fsp3) is 0.700. The van der Waals surface area contributed by atoms with Crippen LogP contribution in [0.4, 0.5) is 4.79 Å². The Morgan fingerprint density at radius 1 is 1.57 bits per heavy atom. The molecule has 0 atom stereocenters. The van der Waals surface area contributed by atoms with Gasteiger partial charge in [0.15, 0.2) is 0 Å². The first-order chi connectivity index (χ1) is 6.45. The van der Waals surface area contributed by atoms with E-state index in [-0.39, 0.29) is 6.09 Å². The summed E-state index contributed by atoms with van der Waals surface area (Å²) in [5.41, 5.74) is -0.418. The van der Waals surface area contributed by atoms with E-state index in [0.717, 1.165) is 11.5 Å². The van der Waals surface area contributed by atoms with Gasteiger partial charge in [0.2, 0.25) is 0 Å². The van der Waals surface area contributed by atoms with Crippen molar-refractivity contribution in [3.05, 3.63) is 12.7 Å². The van der Waals surface area contributed by atoms with Crippen LogP contribution in [-0.2, 0) is 4.74 Å². The summed E-state index contributed by atoms with van der Waals surface area (Å²) in [6.45, 7) is 9.78. The van der Waals surface area contributed by atoms with Crippen LogP contribution < -0.4 is 5.32 Å². The maximum atomic E-state index is 11.1. The molecule has 1 N–H and O–H groups in total. The normalized spacial score (nSPS) is 10.8. The van der Waals surface area contributed by atoms with Crippen LogP contribution in [0.3, 0.4) is 0 Å². The first-order valence-corrected chi connectivity index (χ1v) is 5.76. The van der Waals surface area contributed by atoms with E-state index in [9.17, 15) is 4.79 Å². The fourth-order valence-electron chi connectivity index (χ4n) is 0.706. The van der Waals surface area contributed by atoms with Gasteiger partial charge in [0.25, 0.3) is 0 Å². The molecule has 0 aromatic rings. The first kappa shape index (κ1) is 13.4. The fourth-order valence-corrected chi connectivity index (χ4v) is 1.29. The van der Waals surface area contributed by atoms with Gasteiger partial charge in [-0.2, -0.15) is 11.8 Å². The molecule has 0 rings (SSSR count). The highest BCUT2D eigenvalue weighted by Crippen LogP contribution is 2.06. The Labute approximate surface area is 90.3 Å². The molecule has 3 nitrogen and oxygen atoms in total. The van der Waals surface area contributed by atoms with Gasteiger partial charge in [0.05, 0.1) is 0 Å². The van der Waals surface area contributed by atoms with Crippen molar-refractivity contribution in [1.82, 2.24) is 5.32 Å². The van der Waals surface area contributed by atoms with Crippen LogP contribution in [0.2, 0.25) is 0 Å². The third-order valence-electron chi connectivity index (χ3n) is 1.15. The second kappa shape index (κ2) is 6.76. The minimum absolute atomic E-state index is 0.350. The van der Waals surface area contributed by atoms with Gasteiger partial charge in [-0.15, -0.1) is 6.58 Å². The van der Waals surface area contributed by atoms with Crippen molar-refractivity contribution in [2.24, 2.45) is 0 Å². The molecule has 0 fully saturated rings. The summed E-state index contributed by atoms with van der Waals surface area (Å²) in [6.07, 6.45) is 1.50. The SMILES string of the molecule is C=CCSCCNC(=O)OC(C)(C)C. The summed E-state index contributed by atoms with van der Waals surface area (Å²) in [5, 5.41) is 2.68. The summed E-state index contributed by atoms with van der Waals surface area (Å²) in [6, 6.07) is 0. The molecule has 0 bridgehead atoms. The second-order valence-corrected chi connectivity index (χ2v) is 4.94. The first-order valence-electron chi connectivity index (χ1n) is 4.61. The zero-order chi connectivity index (χ0) is 11.0. The number of alkyl carbamates (subject to hydrolysis) is 1. The number of hydrogen-bond donors (Lipinski definition) is 1. The van der Waals surface area contributed by atoms with Gasteiger partial charge in [-0.25, -0.2) is 4.79 Å². The molecule has 1 amide bonds. The lowest BCUT2D eigenvalue weighted by Crippen LogP contribution is -2.33. The van der Waals surface area contributed by atoms with Crippen LogP contribution in [0, 0.1) is 0 Å². The van der Waals surface area contributed by atoms with Gasteiger partial charge in [-0.3, -0.25) is 0 Å². The summed E-state index contributed by atoms with van der Waals surface area (Å²) in [4.78, 5) is 11.1. The molecule has 0 aliphatic carbocycles. The topological polar surface area (TPSA) is 38.3 Å². The third-order valence-corrected chi connectivity index (χ3v) is 2.11. The Balaban J connectivity index is 3.41. The van der Waals surface area contributed by atoms with E-state index < -0.39 is 5.60 Å². The molecule has 0 aromatic carbocycles. The number of carbonyl (C=O) groups is 1. The van der Waals surface area contributed by atoms with Gasteiger partial charge in [0, 0.05) is 18.1 Å². The summed E-state index contributed by atoms with van der Waals surface area (Å²) in [5.74, 6) is 1.79. The zero-order valence-corrected chi connectivity index (χ0v) is 9.95. The average molecular weight is 217 g/mol. The van der Waals surface area contributed by atoms with E-state index in [1.165, 1.54) is 0 Å². The maximum absolute atomic E-state index is 11.1. The van der Waals surface area contributed by atoms with Gasteiger partial charge in [-0.05, 0) is 20.8 Å². The minimum Gasteiger partial charge on any atom is -0.444 e. The monoisotopic (exact) mass is 217 g/mol. The van der Waals surface area contributed by atoms with Crippen molar-refractivity contribution < 1.29 is 9.53 Å². The van der Waals surface area contributed by atoms with Gasteiger partial charge in [-0.1, -0.05) is 6.08 Å². The zero-order valence-electron chi connectivity index (χ0n) is 9.13. The molecule has 0 saturated heterocycles. The highest BCUT2D eigenvalue weighted by atomic mass is 32.2. The number of nitrogens with one attached hydrogen (secondary N) is 1. The summed E-state index contributed by atoms with van der Waals surface area (Å²) in [7, 11) is 0. The van der Waals surface area contributed by atoms with E-state index in [2.05, 4.69) is 11.9 Å². The number of ether oxygens (including phenoxy) is 1. The van der Waals surface area contributed by atoms with Crippen LogP contribution in [0.5, 0.6) is 0 Å². The van der Waals surface area contributed by atoms with Crippen molar-refractivity contribution in [1.29, 1.82) is 0 Å². The molecule has 0 heterocycles. The molecular weight excluding hydrogens is 198 g/mol. The minimum atomic E-state index is -0.418. The summed E-state index contributed by atoms with van der Waals surface area (Å²) < 4.78 is 5.06. The Morgan fingerprint density at radius 3 is 2.71 bits per heavy atom. The number of hydrogen-bond acceptors (Lipinski definition) is 3. The molecule has 14 heavy (non-hydrogen) atoms. The molecule has 0 aliphatic rings. The molecule has 0 aromatic heterocycles. The van der Waals surface area contributed by atoms with E-state index in [4.69, 9.17) is 4.74 Å². The lowest BCUT2D eigenvalue weighted by molar-refractivity contribution is 0.0531. The number of rotatable bonds is 5. The Hall–Kier alpha value is -0.640. The Bertz CT molecular complexity index is 187. The molecule has 0 aliphatic heterocycles. The molecular formula is C10H19NO2S. The highest BCUT2D eigenvalue weighted by molar-refractivity contribution is 7.99. The molecule has 0 spiro atoms. The average Bonchev–Trinajstić information content (AvgIpc) is 2.00. The molecule has 0 saturated carbocycles. The summed E-state index contributed by atoms with van der Waals surface area (Å²) >= 11 is 1.72. The molecule has 4 heteroatoms. The van der Waals surface area contributed by atoms with Crippen LogP contribution in [0.25, 0.3) is 0 Å². The Morgan fingerprint density at radius 2 is 2.21 bits per heavy atom. The smallest absolute Gasteiger partial charge is 0.407 e. The standard InChI is InChI=1S/C10H19NO2S/c1-5-7-14-8-6-11-9(12)13-10(2,3)4/h5H,1,6-8H2,2-4H3,(H,11,12). The highest BCUT2D eigenvalue weighted by Gasteiger charge is 2.15. The van der Waals surface area contributed by atoms with Crippen LogP contribution in [-0.4, -0.2) is 29.7 Å². The van der Waals surface area contributed by atoms with Crippen molar-refractivity contribution in [3.63, 3.8) is 0 Å². The van der Waals surface area contributed by atoms with Gasteiger partial charge >= 0.3 is 6.09 Å². The van der Waals surface area contributed by atoms with Gasteiger partial charge < -0.3 is 10.1 Å². The van der Waals surface area contributed by atoms with E-state index in [1.54, 1.807) is 11.8 Å². The van der Waals surface area contributed by atoms with Crippen LogP contribution in [0.15, 0.2) is 12.7 Å². The molecule has 82 valence electrons. The van der Waals surface area contributed by atoms with E-state index >= 15 is 0 Å². The Kier molecular flexibility index (Phi) is 6.45. The van der Waals surface area contributed by atoms with Crippen molar-refractivity contribution >= 4 is 17.9 Å². The van der Waals surface area contributed by atoms with E-state index in [1.807, 2.05) is 26.8 Å². The second-order valence-electron chi connectivity index (χ2n) is 3.79. The lowest BCUT2D eigenvalue weighted by atomic mass is 10.2. The van der Waals surface area contributed by atoms with Crippen LogP contribution >= 0.6 is 11.8 Å². The molecule has 0 radical (unpaired) electrons. The van der Waals surface area contributed by atoms with Gasteiger partial charge in [0.1, 0.15) is 5.60 Å². The lowest BCUT2D eigenvalue weighted by Gasteiger charge is -2.19. The number of amides is 1. The molecule has 0 unspecified atom stereocenters. The number of carbonyl (C=O) groups excluding carboxylic acids is 1. The van der Waals surface area contributed by atoms with Crippen molar-refractivity contribution in [2.75, 3.05) is 18.1 Å². The van der Waals surface area contributed by atoms with Crippen LogP contribution in [0.1, 0.15) is 20.8 Å². The predicted molar refractivity (Wildman–Crippen MR) is 61.8 cm³/mol. The van der Waals surface area contributed by atoms with Crippen molar-refractivity contribution in [2.45, 2.75) is 26.4 Å². The largest absolute Gasteiger partial charge is 0.444 e. The quantitative estimate of drug-likeness (QED) is 0.568. The predicted octanol–water partition coefficient (Wildman–Crippen LogP) is 2.43.